The van der Waals surface area contributed by atoms with Gasteiger partial charge in [-0.1, -0.05) is 54.2 Å². The Morgan fingerprint density at radius 2 is 2.08 bits per heavy atom. The summed E-state index contributed by atoms with van der Waals surface area (Å²) in [6.45, 7) is 0. The predicted molar refractivity (Wildman–Crippen MR) is 55.2 cm³/mol. The summed E-state index contributed by atoms with van der Waals surface area (Å²) >= 11 is 0. The first-order chi connectivity index (χ1) is 6.45. The summed E-state index contributed by atoms with van der Waals surface area (Å²) in [7, 11) is 0. The van der Waals surface area contributed by atoms with E-state index >= 15 is 0 Å². The Morgan fingerprint density at radius 1 is 1.08 bits per heavy atom. The maximum Gasteiger partial charge on any atom is 0.0152 e. The van der Waals surface area contributed by atoms with Crippen LogP contribution in [0.3, 0.4) is 0 Å². The molecule has 0 spiro atoms. The van der Waals surface area contributed by atoms with E-state index in [2.05, 4.69) is 48.6 Å². The molecule has 13 heavy (non-hydrogen) atoms. The molecule has 3 rings (SSSR count). The lowest BCUT2D eigenvalue weighted by molar-refractivity contribution is 0.576. The van der Waals surface area contributed by atoms with E-state index in [1.54, 1.807) is 5.57 Å². The Morgan fingerprint density at radius 3 is 3.08 bits per heavy atom. The number of hydrogen-bond donors (Lipinski definition) is 0. The lowest BCUT2D eigenvalue weighted by Crippen LogP contribution is -2.21. The van der Waals surface area contributed by atoms with Gasteiger partial charge in [-0.05, 0) is 12.0 Å². The van der Waals surface area contributed by atoms with E-state index in [0.717, 1.165) is 6.42 Å². The molecule has 2 atom stereocenters. The van der Waals surface area contributed by atoms with E-state index in [1.807, 2.05) is 0 Å². The van der Waals surface area contributed by atoms with Gasteiger partial charge >= 0.3 is 0 Å². The van der Waals surface area contributed by atoms with Crippen molar-refractivity contribution in [2.45, 2.75) is 6.42 Å². The highest BCUT2D eigenvalue weighted by molar-refractivity contribution is 5.46. The molecule has 0 aromatic carbocycles. The Kier molecular flexibility index (Phi) is 1.42. The van der Waals surface area contributed by atoms with Crippen molar-refractivity contribution < 1.29 is 0 Å². The molecule has 0 aromatic rings. The van der Waals surface area contributed by atoms with E-state index in [-0.39, 0.29) is 0 Å². The number of hydrogen-bond acceptors (Lipinski definition) is 0. The standard InChI is InChI=1S/C13H12/c1-4-10-6-2-8-12-9-3-7-11(5-1)13(10)12/h1-8,11,13H,9H2. The average Bonchev–Trinajstić information content (AvgIpc) is 2.19. The number of allylic oxidation sites excluding steroid dienone is 10. The van der Waals surface area contributed by atoms with E-state index in [0.29, 0.717) is 11.8 Å². The van der Waals surface area contributed by atoms with Crippen LogP contribution < -0.4 is 0 Å². The second kappa shape index (κ2) is 2.59. The lowest BCUT2D eigenvalue weighted by Gasteiger charge is -2.33. The van der Waals surface area contributed by atoms with Crippen LogP contribution in [-0.2, 0) is 0 Å². The van der Waals surface area contributed by atoms with E-state index in [4.69, 9.17) is 0 Å². The molecule has 0 radical (unpaired) electrons. The van der Waals surface area contributed by atoms with Gasteiger partial charge in [0.15, 0.2) is 0 Å². The monoisotopic (exact) mass is 168 g/mol. The van der Waals surface area contributed by atoms with E-state index < -0.39 is 0 Å². The molecule has 3 aliphatic carbocycles. The van der Waals surface area contributed by atoms with Crippen molar-refractivity contribution >= 4 is 0 Å². The molecule has 0 fully saturated rings. The SMILES string of the molecule is C1=CC2=CC=CC3C=CCC(=C1)C23. The summed E-state index contributed by atoms with van der Waals surface area (Å²) in [6.07, 6.45) is 19.2. The topological polar surface area (TPSA) is 0 Å². The van der Waals surface area contributed by atoms with Crippen molar-refractivity contribution in [3.63, 3.8) is 0 Å². The summed E-state index contributed by atoms with van der Waals surface area (Å²) in [5.74, 6) is 1.27. The van der Waals surface area contributed by atoms with Crippen LogP contribution in [0.4, 0.5) is 0 Å². The zero-order valence-electron chi connectivity index (χ0n) is 7.48. The van der Waals surface area contributed by atoms with Gasteiger partial charge in [0.25, 0.3) is 0 Å². The largest absolute Gasteiger partial charge is 0.0838 e. The summed E-state index contributed by atoms with van der Waals surface area (Å²) in [5, 5.41) is 0. The highest BCUT2D eigenvalue weighted by Crippen LogP contribution is 2.40. The third-order valence-corrected chi connectivity index (χ3v) is 3.08. The fraction of sp³-hybridized carbons (Fsp3) is 0.231. The van der Waals surface area contributed by atoms with E-state index in [1.165, 1.54) is 5.57 Å². The van der Waals surface area contributed by atoms with Gasteiger partial charge in [-0.15, -0.1) is 0 Å². The maximum atomic E-state index is 2.34. The molecule has 0 nitrogen and oxygen atoms in total. The molecule has 0 saturated carbocycles. The van der Waals surface area contributed by atoms with Crippen LogP contribution in [-0.4, -0.2) is 0 Å². The lowest BCUT2D eigenvalue weighted by atomic mass is 9.71. The van der Waals surface area contributed by atoms with Crippen molar-refractivity contribution in [1.82, 2.24) is 0 Å². The molecule has 0 aromatic heterocycles. The third-order valence-electron chi connectivity index (χ3n) is 3.08. The second-order valence-corrected chi connectivity index (χ2v) is 3.84. The molecule has 0 saturated heterocycles. The molecule has 0 N–H and O–H groups in total. The normalized spacial score (nSPS) is 33.8. The van der Waals surface area contributed by atoms with Crippen LogP contribution in [0.1, 0.15) is 6.42 Å². The first kappa shape index (κ1) is 7.14. The van der Waals surface area contributed by atoms with Crippen molar-refractivity contribution in [3.8, 4) is 0 Å². The quantitative estimate of drug-likeness (QED) is 0.487. The molecular formula is C13H12. The number of rotatable bonds is 0. The smallest absolute Gasteiger partial charge is 0.0152 e. The summed E-state index contributed by atoms with van der Waals surface area (Å²) < 4.78 is 0. The van der Waals surface area contributed by atoms with E-state index in [9.17, 15) is 0 Å². The van der Waals surface area contributed by atoms with Crippen LogP contribution in [0.25, 0.3) is 0 Å². The fourth-order valence-electron chi connectivity index (χ4n) is 2.47. The summed E-state index contributed by atoms with van der Waals surface area (Å²) in [4.78, 5) is 0. The second-order valence-electron chi connectivity index (χ2n) is 3.84. The van der Waals surface area contributed by atoms with Crippen LogP contribution in [0, 0.1) is 11.8 Å². The van der Waals surface area contributed by atoms with Crippen molar-refractivity contribution in [3.05, 3.63) is 59.8 Å². The molecule has 0 bridgehead atoms. The van der Waals surface area contributed by atoms with Crippen LogP contribution in [0.15, 0.2) is 59.8 Å². The third kappa shape index (κ3) is 0.983. The Bertz CT molecular complexity index is 375. The molecule has 0 aliphatic heterocycles. The summed E-state index contributed by atoms with van der Waals surface area (Å²) in [6, 6.07) is 0. The van der Waals surface area contributed by atoms with Crippen molar-refractivity contribution in [2.24, 2.45) is 11.8 Å². The maximum absolute atomic E-state index is 2.34. The highest BCUT2D eigenvalue weighted by atomic mass is 14.3. The van der Waals surface area contributed by atoms with Gasteiger partial charge in [0.05, 0.1) is 0 Å². The molecule has 0 amide bonds. The minimum absolute atomic E-state index is 0.616. The van der Waals surface area contributed by atoms with Crippen LogP contribution in [0.5, 0.6) is 0 Å². The predicted octanol–water partition coefficient (Wildman–Crippen LogP) is 3.17. The molecule has 3 aliphatic rings. The van der Waals surface area contributed by atoms with Gasteiger partial charge in [-0.2, -0.15) is 0 Å². The fourth-order valence-corrected chi connectivity index (χ4v) is 2.47. The van der Waals surface area contributed by atoms with Gasteiger partial charge < -0.3 is 0 Å². The molecule has 0 heteroatoms. The zero-order chi connectivity index (χ0) is 8.67. The minimum atomic E-state index is 0.616. The minimum Gasteiger partial charge on any atom is -0.0838 e. The van der Waals surface area contributed by atoms with Crippen molar-refractivity contribution in [2.75, 3.05) is 0 Å². The first-order valence-corrected chi connectivity index (χ1v) is 4.87. The van der Waals surface area contributed by atoms with Crippen LogP contribution in [0.2, 0.25) is 0 Å². The van der Waals surface area contributed by atoms with Gasteiger partial charge in [0.1, 0.15) is 0 Å². The van der Waals surface area contributed by atoms with Gasteiger partial charge in [0, 0.05) is 11.8 Å². The van der Waals surface area contributed by atoms with Gasteiger partial charge in [0.2, 0.25) is 0 Å². The first-order valence-electron chi connectivity index (χ1n) is 4.87. The average molecular weight is 168 g/mol. The Balaban J connectivity index is 2.15. The highest BCUT2D eigenvalue weighted by Gasteiger charge is 2.28. The summed E-state index contributed by atoms with van der Waals surface area (Å²) in [5.41, 5.74) is 3.06. The molecular weight excluding hydrogens is 156 g/mol. The van der Waals surface area contributed by atoms with Crippen LogP contribution >= 0.6 is 0 Å². The van der Waals surface area contributed by atoms with Crippen molar-refractivity contribution in [1.29, 1.82) is 0 Å². The molecule has 0 heterocycles. The zero-order valence-corrected chi connectivity index (χ0v) is 7.48. The van der Waals surface area contributed by atoms with Gasteiger partial charge in [-0.25, -0.2) is 0 Å². The van der Waals surface area contributed by atoms with Gasteiger partial charge in [-0.3, -0.25) is 0 Å². The Labute approximate surface area is 78.7 Å². The molecule has 64 valence electrons. The molecule has 2 unspecified atom stereocenters. The Hall–Kier alpha value is -1.30.